The van der Waals surface area contributed by atoms with Gasteiger partial charge in [-0.05, 0) is 29.7 Å². The van der Waals surface area contributed by atoms with Crippen molar-refractivity contribution in [2.75, 3.05) is 31.1 Å². The molecule has 2 N–H and O–H groups in total. The van der Waals surface area contributed by atoms with Gasteiger partial charge < -0.3 is 15.5 Å². The van der Waals surface area contributed by atoms with Gasteiger partial charge in [-0.2, -0.15) is 0 Å². The van der Waals surface area contributed by atoms with E-state index in [9.17, 15) is 4.79 Å². The van der Waals surface area contributed by atoms with Crippen LogP contribution < -0.4 is 10.6 Å². The number of aryl methyl sites for hydroxylation is 1. The van der Waals surface area contributed by atoms with Gasteiger partial charge in [0.1, 0.15) is 5.82 Å². The number of piperazine rings is 1. The fourth-order valence-electron chi connectivity index (χ4n) is 3.18. The molecule has 1 unspecified atom stereocenters. The molecule has 1 aromatic heterocycles. The van der Waals surface area contributed by atoms with Crippen molar-refractivity contribution in [3.05, 3.63) is 59.3 Å². The van der Waals surface area contributed by atoms with Crippen LogP contribution in [0, 0.1) is 6.92 Å². The number of carbonyl (C=O) groups excluding carboxylic acids is 1. The maximum Gasteiger partial charge on any atom is 0.219 e. The van der Waals surface area contributed by atoms with Gasteiger partial charge >= 0.3 is 0 Å². The van der Waals surface area contributed by atoms with Gasteiger partial charge in [0.25, 0.3) is 0 Å². The zero-order chi connectivity index (χ0) is 17.1. The third-order valence-corrected chi connectivity index (χ3v) is 4.61. The quantitative estimate of drug-likeness (QED) is 0.939. The minimum absolute atomic E-state index is 0.142. The third kappa shape index (κ3) is 3.41. The van der Waals surface area contributed by atoms with E-state index in [2.05, 4.69) is 22.9 Å². The Morgan fingerprint density at radius 1 is 1.12 bits per heavy atom. The highest BCUT2D eigenvalue weighted by Gasteiger charge is 2.21. The van der Waals surface area contributed by atoms with E-state index < -0.39 is 0 Å². The van der Waals surface area contributed by atoms with Crippen LogP contribution in [0.3, 0.4) is 0 Å². The summed E-state index contributed by atoms with van der Waals surface area (Å²) in [6.07, 6.45) is 1.87. The molecule has 1 amide bonds. The molecule has 0 radical (unpaired) electrons. The van der Waals surface area contributed by atoms with Crippen LogP contribution in [0.1, 0.15) is 29.7 Å². The van der Waals surface area contributed by atoms with Gasteiger partial charge in [0.15, 0.2) is 0 Å². The van der Waals surface area contributed by atoms with Crippen LogP contribution in [0.4, 0.5) is 5.82 Å². The highest BCUT2D eigenvalue weighted by molar-refractivity contribution is 5.73. The Labute approximate surface area is 143 Å². The van der Waals surface area contributed by atoms with Crippen molar-refractivity contribution in [1.82, 2.24) is 9.88 Å². The Bertz CT molecular complexity index is 709. The molecule has 1 aliphatic heterocycles. The number of benzene rings is 1. The summed E-state index contributed by atoms with van der Waals surface area (Å²) in [7, 11) is 0. The zero-order valence-corrected chi connectivity index (χ0v) is 14.3. The van der Waals surface area contributed by atoms with Gasteiger partial charge in [-0.25, -0.2) is 4.98 Å². The Morgan fingerprint density at radius 2 is 1.79 bits per heavy atom. The highest BCUT2D eigenvalue weighted by atomic mass is 16.2. The molecule has 5 nitrogen and oxygen atoms in total. The summed E-state index contributed by atoms with van der Waals surface area (Å²) in [5, 5.41) is 0. The molecule has 1 aliphatic rings. The fourth-order valence-corrected chi connectivity index (χ4v) is 3.18. The molecule has 24 heavy (non-hydrogen) atoms. The second-order valence-corrected chi connectivity index (χ2v) is 6.29. The number of aromatic nitrogens is 1. The highest BCUT2D eigenvalue weighted by Crippen LogP contribution is 2.24. The number of rotatable bonds is 3. The van der Waals surface area contributed by atoms with Crippen LogP contribution in [0.25, 0.3) is 0 Å². The molecule has 2 heterocycles. The largest absolute Gasteiger partial charge is 0.353 e. The summed E-state index contributed by atoms with van der Waals surface area (Å²) in [5.74, 6) is 1.13. The summed E-state index contributed by atoms with van der Waals surface area (Å²) in [5.41, 5.74) is 9.59. The first kappa shape index (κ1) is 16.5. The van der Waals surface area contributed by atoms with E-state index in [1.54, 1.807) is 6.92 Å². The van der Waals surface area contributed by atoms with Crippen molar-refractivity contribution in [1.29, 1.82) is 0 Å². The topological polar surface area (TPSA) is 62.5 Å². The molecule has 0 spiro atoms. The lowest BCUT2D eigenvalue weighted by Crippen LogP contribution is -2.48. The second kappa shape index (κ2) is 7.01. The fraction of sp³-hybridized carbons (Fsp3) is 0.368. The number of nitrogens with two attached hydrogens (primary N) is 1. The van der Waals surface area contributed by atoms with E-state index in [0.717, 1.165) is 48.7 Å². The molecule has 1 atom stereocenters. The number of carbonyl (C=O) groups is 1. The van der Waals surface area contributed by atoms with Crippen molar-refractivity contribution in [3.8, 4) is 0 Å². The second-order valence-electron chi connectivity index (χ2n) is 6.29. The zero-order valence-electron chi connectivity index (χ0n) is 14.3. The summed E-state index contributed by atoms with van der Waals surface area (Å²) in [6.45, 7) is 6.83. The SMILES string of the molecule is CC(=O)N1CCN(c2ncc(C(N)c3ccccc3)cc2C)CC1. The summed E-state index contributed by atoms with van der Waals surface area (Å²) in [4.78, 5) is 20.2. The van der Waals surface area contributed by atoms with Gasteiger partial charge in [0.2, 0.25) is 5.91 Å². The Hall–Kier alpha value is -2.40. The monoisotopic (exact) mass is 324 g/mol. The van der Waals surface area contributed by atoms with E-state index in [0.29, 0.717) is 0 Å². The third-order valence-electron chi connectivity index (χ3n) is 4.61. The molecule has 0 bridgehead atoms. The number of nitrogens with zero attached hydrogens (tertiary/aromatic N) is 3. The first-order chi connectivity index (χ1) is 11.6. The predicted octanol–water partition coefficient (Wildman–Crippen LogP) is 2.11. The smallest absolute Gasteiger partial charge is 0.219 e. The Balaban J connectivity index is 1.75. The van der Waals surface area contributed by atoms with Gasteiger partial charge in [-0.1, -0.05) is 30.3 Å². The van der Waals surface area contributed by atoms with Crippen molar-refractivity contribution in [3.63, 3.8) is 0 Å². The van der Waals surface area contributed by atoms with Crippen molar-refractivity contribution < 1.29 is 4.79 Å². The average molecular weight is 324 g/mol. The van der Waals surface area contributed by atoms with Crippen LogP contribution in [0.2, 0.25) is 0 Å². The van der Waals surface area contributed by atoms with Crippen molar-refractivity contribution in [2.45, 2.75) is 19.9 Å². The molecule has 1 saturated heterocycles. The molecule has 2 aromatic rings. The lowest BCUT2D eigenvalue weighted by Gasteiger charge is -2.35. The van der Waals surface area contributed by atoms with Gasteiger partial charge in [-0.15, -0.1) is 0 Å². The van der Waals surface area contributed by atoms with Crippen LogP contribution >= 0.6 is 0 Å². The minimum Gasteiger partial charge on any atom is -0.353 e. The molecule has 5 heteroatoms. The maximum absolute atomic E-state index is 11.4. The number of hydrogen-bond donors (Lipinski definition) is 1. The van der Waals surface area contributed by atoms with Crippen molar-refractivity contribution in [2.24, 2.45) is 5.73 Å². The van der Waals surface area contributed by atoms with E-state index in [1.807, 2.05) is 41.4 Å². The van der Waals surface area contributed by atoms with Gasteiger partial charge in [0, 0.05) is 39.3 Å². The maximum atomic E-state index is 11.4. The molecule has 0 aliphatic carbocycles. The lowest BCUT2D eigenvalue weighted by molar-refractivity contribution is -0.129. The van der Waals surface area contributed by atoms with E-state index >= 15 is 0 Å². The van der Waals surface area contributed by atoms with Gasteiger partial charge in [0.05, 0.1) is 6.04 Å². The van der Waals surface area contributed by atoms with Gasteiger partial charge in [-0.3, -0.25) is 4.79 Å². The van der Waals surface area contributed by atoms with Crippen LogP contribution in [-0.2, 0) is 4.79 Å². The van der Waals surface area contributed by atoms with Crippen LogP contribution in [-0.4, -0.2) is 42.0 Å². The number of pyridine rings is 1. The molecule has 3 rings (SSSR count). The predicted molar refractivity (Wildman–Crippen MR) is 95.9 cm³/mol. The number of amides is 1. The number of anilines is 1. The lowest BCUT2D eigenvalue weighted by atomic mass is 10.00. The Kier molecular flexibility index (Phi) is 4.81. The summed E-state index contributed by atoms with van der Waals surface area (Å²) in [6, 6.07) is 12.0. The standard InChI is InChI=1S/C19H24N4O/c1-14-12-17(18(20)16-6-4-3-5-7-16)13-21-19(14)23-10-8-22(9-11-23)15(2)24/h3-7,12-13,18H,8-11,20H2,1-2H3. The first-order valence-electron chi connectivity index (χ1n) is 8.34. The average Bonchev–Trinajstić information content (AvgIpc) is 2.62. The molecule has 0 saturated carbocycles. The normalized spacial score (nSPS) is 16.1. The van der Waals surface area contributed by atoms with E-state index in [4.69, 9.17) is 5.73 Å². The van der Waals surface area contributed by atoms with Crippen molar-refractivity contribution >= 4 is 11.7 Å². The minimum atomic E-state index is -0.166. The molecular formula is C19H24N4O. The first-order valence-corrected chi connectivity index (χ1v) is 8.34. The molecular weight excluding hydrogens is 300 g/mol. The molecule has 126 valence electrons. The molecule has 1 aromatic carbocycles. The van der Waals surface area contributed by atoms with E-state index in [-0.39, 0.29) is 11.9 Å². The van der Waals surface area contributed by atoms with Crippen LogP contribution in [0.5, 0.6) is 0 Å². The Morgan fingerprint density at radius 3 is 2.38 bits per heavy atom. The molecule has 1 fully saturated rings. The summed E-state index contributed by atoms with van der Waals surface area (Å²) < 4.78 is 0. The summed E-state index contributed by atoms with van der Waals surface area (Å²) >= 11 is 0. The number of hydrogen-bond acceptors (Lipinski definition) is 4. The van der Waals surface area contributed by atoms with Crippen LogP contribution in [0.15, 0.2) is 42.6 Å². The van der Waals surface area contributed by atoms with E-state index in [1.165, 1.54) is 0 Å².